The minimum absolute atomic E-state index is 0.00192. The van der Waals surface area contributed by atoms with E-state index in [1.807, 2.05) is 0 Å². The topological polar surface area (TPSA) is 69.7 Å². The van der Waals surface area contributed by atoms with Crippen LogP contribution in [0.3, 0.4) is 0 Å². The van der Waals surface area contributed by atoms with Crippen LogP contribution in [0.25, 0.3) is 5.76 Å². The van der Waals surface area contributed by atoms with Gasteiger partial charge in [0.25, 0.3) is 5.92 Å². The fourth-order valence-electron chi connectivity index (χ4n) is 2.82. The summed E-state index contributed by atoms with van der Waals surface area (Å²) in [6, 6.07) is 6.61. The number of hydrogen-bond acceptors (Lipinski definition) is 5. The van der Waals surface area contributed by atoms with Crippen LogP contribution in [0.15, 0.2) is 43.0 Å². The second-order valence-electron chi connectivity index (χ2n) is 5.58. The van der Waals surface area contributed by atoms with E-state index < -0.39 is 35.0 Å². The maximum absolute atomic E-state index is 14.9. The average Bonchev–Trinajstić information content (AvgIpc) is 3.03. The van der Waals surface area contributed by atoms with Gasteiger partial charge in [0.15, 0.2) is 0 Å². The van der Waals surface area contributed by atoms with E-state index in [0.29, 0.717) is 5.56 Å². The first-order valence-corrected chi connectivity index (χ1v) is 7.14. The fraction of sp³-hybridized carbons (Fsp3) is 0.0556. The molecule has 25 heavy (non-hydrogen) atoms. The van der Waals surface area contributed by atoms with Crippen molar-refractivity contribution in [1.29, 1.82) is 0 Å². The summed E-state index contributed by atoms with van der Waals surface area (Å²) in [5, 5.41) is 0. The van der Waals surface area contributed by atoms with E-state index in [2.05, 4.69) is 11.3 Å². The highest BCUT2D eigenvalue weighted by molar-refractivity contribution is 6.14. The van der Waals surface area contributed by atoms with E-state index in [-0.39, 0.29) is 22.4 Å². The Labute approximate surface area is 139 Å². The van der Waals surface area contributed by atoms with E-state index in [9.17, 15) is 23.2 Å². The summed E-state index contributed by atoms with van der Waals surface area (Å²) in [6.45, 7) is 3.54. The predicted molar refractivity (Wildman–Crippen MR) is 80.1 cm³/mol. The van der Waals surface area contributed by atoms with E-state index >= 15 is 0 Å². The van der Waals surface area contributed by atoms with E-state index in [4.69, 9.17) is 4.74 Å². The molecule has 0 amide bonds. The van der Waals surface area contributed by atoms with Crippen LogP contribution in [-0.2, 0) is 15.4 Å². The molecule has 2 aromatic carbocycles. The van der Waals surface area contributed by atoms with Crippen molar-refractivity contribution in [2.45, 2.75) is 5.92 Å². The lowest BCUT2D eigenvalue weighted by atomic mass is 9.94. The number of alkyl halides is 2. The van der Waals surface area contributed by atoms with Gasteiger partial charge in [-0.3, -0.25) is 0 Å². The Balaban J connectivity index is 1.81. The number of rotatable bonds is 2. The predicted octanol–water partition coefficient (Wildman–Crippen LogP) is 3.28. The zero-order valence-electron chi connectivity index (χ0n) is 12.5. The molecular weight excluding hydrogens is 334 g/mol. The van der Waals surface area contributed by atoms with Gasteiger partial charge in [-0.1, -0.05) is 18.7 Å². The number of carbonyl (C=O) groups is 3. The second kappa shape index (κ2) is 4.83. The average molecular weight is 342 g/mol. The minimum atomic E-state index is -3.50. The second-order valence-corrected chi connectivity index (χ2v) is 5.58. The third kappa shape index (κ3) is 2.09. The van der Waals surface area contributed by atoms with E-state index in [1.165, 1.54) is 6.07 Å². The van der Waals surface area contributed by atoms with Gasteiger partial charge in [0.2, 0.25) is 0 Å². The summed E-state index contributed by atoms with van der Waals surface area (Å²) < 4.78 is 38.9. The summed E-state index contributed by atoms with van der Waals surface area (Å²) in [5.41, 5.74) is -0.862. The van der Waals surface area contributed by atoms with Gasteiger partial charge >= 0.3 is 17.9 Å². The molecule has 0 spiro atoms. The van der Waals surface area contributed by atoms with E-state index in [0.717, 1.165) is 30.3 Å². The molecular formula is C18H8F2O5. The van der Waals surface area contributed by atoms with Crippen LogP contribution in [0, 0.1) is 0 Å². The summed E-state index contributed by atoms with van der Waals surface area (Å²) >= 11 is 0. The quantitative estimate of drug-likeness (QED) is 0.619. The number of hydrogen-bond donors (Lipinski definition) is 0. The number of cyclic esters (lactones) is 3. The first kappa shape index (κ1) is 15.2. The summed E-state index contributed by atoms with van der Waals surface area (Å²) in [7, 11) is 0. The van der Waals surface area contributed by atoms with Crippen LogP contribution >= 0.6 is 0 Å². The molecule has 0 fully saturated rings. The molecule has 5 nitrogen and oxygen atoms in total. The first-order chi connectivity index (χ1) is 11.8. The molecule has 0 aliphatic carbocycles. The smallest absolute Gasteiger partial charge is 0.346 e. The van der Waals surface area contributed by atoms with Crippen molar-refractivity contribution in [1.82, 2.24) is 0 Å². The molecule has 7 heteroatoms. The maximum atomic E-state index is 14.9. The van der Waals surface area contributed by atoms with E-state index in [1.54, 1.807) is 0 Å². The maximum Gasteiger partial charge on any atom is 0.346 e. The van der Waals surface area contributed by atoms with Gasteiger partial charge < -0.3 is 9.47 Å². The van der Waals surface area contributed by atoms with Gasteiger partial charge in [-0.05, 0) is 24.3 Å². The standard InChI is InChI=1S/C18H8F2O5/c1-8-11-4-2-9(6-13(11)16(22)24-8)18(19,20)10-3-5-12-14(7-10)17(23)25-15(12)21/h2-7H,1H2. The molecule has 0 atom stereocenters. The van der Waals surface area contributed by atoms with Crippen molar-refractivity contribution >= 4 is 23.7 Å². The Morgan fingerprint density at radius 3 is 1.84 bits per heavy atom. The molecule has 0 saturated carbocycles. The third-order valence-corrected chi connectivity index (χ3v) is 4.13. The highest BCUT2D eigenvalue weighted by Gasteiger charge is 2.39. The zero-order valence-corrected chi connectivity index (χ0v) is 12.5. The Morgan fingerprint density at radius 2 is 1.20 bits per heavy atom. The van der Waals surface area contributed by atoms with Crippen molar-refractivity contribution in [3.05, 3.63) is 76.4 Å². The molecule has 2 aliphatic heterocycles. The number of fused-ring (bicyclic) bond motifs is 2. The molecule has 2 aromatic rings. The number of carbonyl (C=O) groups excluding carboxylic acids is 3. The molecule has 124 valence electrons. The molecule has 0 radical (unpaired) electrons. The molecule has 0 N–H and O–H groups in total. The summed E-state index contributed by atoms with van der Waals surface area (Å²) in [4.78, 5) is 34.7. The highest BCUT2D eigenvalue weighted by atomic mass is 19.3. The Bertz CT molecular complexity index is 927. The molecule has 0 aromatic heterocycles. The normalized spacial score (nSPS) is 15.8. The fourth-order valence-corrected chi connectivity index (χ4v) is 2.82. The molecule has 0 saturated heterocycles. The van der Waals surface area contributed by atoms with Gasteiger partial charge in [-0.25, -0.2) is 14.4 Å². The number of benzene rings is 2. The first-order valence-electron chi connectivity index (χ1n) is 7.14. The highest BCUT2D eigenvalue weighted by Crippen LogP contribution is 2.40. The van der Waals surface area contributed by atoms with Crippen molar-refractivity contribution in [3.8, 4) is 0 Å². The number of ether oxygens (including phenoxy) is 2. The molecule has 0 unspecified atom stereocenters. The van der Waals surface area contributed by atoms with Crippen molar-refractivity contribution in [2.24, 2.45) is 0 Å². The SMILES string of the molecule is C=C1OC(=O)c2cc(C(F)(F)c3ccc4c(c3)C(=O)OC4=O)ccc21. The Hall–Kier alpha value is -3.35. The van der Waals surface area contributed by atoms with Crippen LogP contribution in [0.5, 0.6) is 0 Å². The Morgan fingerprint density at radius 1 is 0.720 bits per heavy atom. The van der Waals surface area contributed by atoms with Gasteiger partial charge in [-0.15, -0.1) is 0 Å². The number of esters is 3. The van der Waals surface area contributed by atoms with Crippen LogP contribution in [0.2, 0.25) is 0 Å². The minimum Gasteiger partial charge on any atom is -0.423 e. The van der Waals surface area contributed by atoms with Gasteiger partial charge in [0, 0.05) is 16.7 Å². The molecule has 0 bridgehead atoms. The summed E-state index contributed by atoms with van der Waals surface area (Å²) in [6.07, 6.45) is 0. The zero-order chi connectivity index (χ0) is 17.9. The molecule has 2 aliphatic rings. The molecule has 2 heterocycles. The molecule has 4 rings (SSSR count). The lowest BCUT2D eigenvalue weighted by Crippen LogP contribution is -2.16. The number of halogens is 2. The van der Waals surface area contributed by atoms with Crippen LogP contribution in [-0.4, -0.2) is 17.9 Å². The lowest BCUT2D eigenvalue weighted by molar-refractivity contribution is 0.0427. The summed E-state index contributed by atoms with van der Waals surface area (Å²) in [5.74, 6) is -5.98. The Kier molecular flexibility index (Phi) is 2.93. The van der Waals surface area contributed by atoms with Gasteiger partial charge in [0.1, 0.15) is 5.76 Å². The van der Waals surface area contributed by atoms with Crippen molar-refractivity contribution < 1.29 is 32.6 Å². The van der Waals surface area contributed by atoms with Gasteiger partial charge in [0.05, 0.1) is 16.7 Å². The van der Waals surface area contributed by atoms with Crippen LogP contribution in [0.4, 0.5) is 8.78 Å². The largest absolute Gasteiger partial charge is 0.423 e. The lowest BCUT2D eigenvalue weighted by Gasteiger charge is -2.18. The van der Waals surface area contributed by atoms with Crippen LogP contribution in [0.1, 0.15) is 47.8 Å². The van der Waals surface area contributed by atoms with Crippen molar-refractivity contribution in [3.63, 3.8) is 0 Å². The van der Waals surface area contributed by atoms with Crippen molar-refractivity contribution in [2.75, 3.05) is 0 Å². The monoisotopic (exact) mass is 342 g/mol. The third-order valence-electron chi connectivity index (χ3n) is 4.13. The van der Waals surface area contributed by atoms with Crippen LogP contribution < -0.4 is 0 Å². The van der Waals surface area contributed by atoms with Gasteiger partial charge in [-0.2, -0.15) is 8.78 Å².